The van der Waals surface area contributed by atoms with Crippen LogP contribution in [-0.2, 0) is 11.2 Å². The number of ether oxygens (including phenoxy) is 1. The van der Waals surface area contributed by atoms with Crippen LogP contribution < -0.4 is 10.6 Å². The van der Waals surface area contributed by atoms with E-state index in [-0.39, 0.29) is 17.8 Å². The van der Waals surface area contributed by atoms with Crippen molar-refractivity contribution < 1.29 is 13.5 Å². The van der Waals surface area contributed by atoms with Gasteiger partial charge in [-0.15, -0.1) is 0 Å². The molecule has 2 N–H and O–H groups in total. The van der Waals surface area contributed by atoms with Crippen molar-refractivity contribution in [2.75, 3.05) is 25.1 Å². The molecule has 118 valence electrons. The molecular weight excluding hydrogens is 274 g/mol. The number of rotatable bonds is 6. The molecule has 1 aliphatic rings. The largest absolute Gasteiger partial charge is 0.376 e. The summed E-state index contributed by atoms with van der Waals surface area (Å²) >= 11 is 0. The quantitative estimate of drug-likeness (QED) is 0.877. The molecule has 2 rings (SSSR count). The number of nitrogens with two attached hydrogens (primary N) is 1. The maximum Gasteiger partial charge on any atom is 0.149 e. The second-order valence-electron chi connectivity index (χ2n) is 5.80. The Morgan fingerprint density at radius 1 is 1.38 bits per heavy atom. The van der Waals surface area contributed by atoms with Crippen molar-refractivity contribution in [1.82, 2.24) is 0 Å². The fraction of sp³-hybridized carbons (Fsp3) is 0.625. The van der Waals surface area contributed by atoms with E-state index in [1.807, 2.05) is 6.92 Å². The van der Waals surface area contributed by atoms with Gasteiger partial charge in [-0.1, -0.05) is 6.92 Å². The fourth-order valence-corrected chi connectivity index (χ4v) is 2.73. The lowest BCUT2D eigenvalue weighted by Crippen LogP contribution is -2.30. The lowest BCUT2D eigenvalue weighted by molar-refractivity contribution is 0.116. The summed E-state index contributed by atoms with van der Waals surface area (Å²) in [7, 11) is 1.70. The number of halogens is 2. The summed E-state index contributed by atoms with van der Waals surface area (Å²) in [6.45, 7) is 3.19. The molecule has 1 fully saturated rings. The van der Waals surface area contributed by atoms with Crippen LogP contribution in [0.25, 0.3) is 0 Å². The third-order valence-electron chi connectivity index (χ3n) is 3.98. The van der Waals surface area contributed by atoms with Crippen LogP contribution in [-0.4, -0.2) is 32.3 Å². The van der Waals surface area contributed by atoms with E-state index in [1.165, 1.54) is 12.1 Å². The van der Waals surface area contributed by atoms with Gasteiger partial charge in [0.1, 0.15) is 17.3 Å². The van der Waals surface area contributed by atoms with E-state index in [1.54, 1.807) is 11.9 Å². The molecule has 1 aromatic carbocycles. The third kappa shape index (κ3) is 4.14. The van der Waals surface area contributed by atoms with Crippen LogP contribution in [0.2, 0.25) is 0 Å². The normalized spacial score (nSPS) is 19.8. The van der Waals surface area contributed by atoms with E-state index in [4.69, 9.17) is 10.5 Å². The first-order valence-corrected chi connectivity index (χ1v) is 7.57. The van der Waals surface area contributed by atoms with Crippen LogP contribution in [0.15, 0.2) is 12.1 Å². The van der Waals surface area contributed by atoms with Crippen LogP contribution in [0.1, 0.15) is 31.7 Å². The SMILES string of the molecule is CCC(N)Cc1cc(F)c(N(C)CC2CCCO2)c(F)c1. The van der Waals surface area contributed by atoms with Gasteiger partial charge < -0.3 is 15.4 Å². The Hall–Kier alpha value is -1.20. The van der Waals surface area contributed by atoms with Crippen molar-refractivity contribution in [2.24, 2.45) is 5.73 Å². The zero-order valence-corrected chi connectivity index (χ0v) is 12.7. The van der Waals surface area contributed by atoms with Gasteiger partial charge in [-0.05, 0) is 43.4 Å². The van der Waals surface area contributed by atoms with Crippen molar-refractivity contribution in [3.8, 4) is 0 Å². The summed E-state index contributed by atoms with van der Waals surface area (Å²) in [5, 5.41) is 0. The van der Waals surface area contributed by atoms with Crippen LogP contribution in [0.5, 0.6) is 0 Å². The van der Waals surface area contributed by atoms with E-state index < -0.39 is 11.6 Å². The molecule has 5 heteroatoms. The first-order valence-electron chi connectivity index (χ1n) is 7.57. The number of likely N-dealkylation sites (N-methyl/N-ethyl adjacent to an activating group) is 1. The maximum absolute atomic E-state index is 14.2. The first kappa shape index (κ1) is 16.2. The molecule has 1 heterocycles. The molecule has 1 aliphatic heterocycles. The zero-order chi connectivity index (χ0) is 15.4. The maximum atomic E-state index is 14.2. The number of nitrogens with zero attached hydrogens (tertiary/aromatic N) is 1. The number of benzene rings is 1. The van der Waals surface area contributed by atoms with Crippen molar-refractivity contribution in [3.05, 3.63) is 29.3 Å². The summed E-state index contributed by atoms with van der Waals surface area (Å²) in [6.07, 6.45) is 3.28. The minimum Gasteiger partial charge on any atom is -0.376 e. The second kappa shape index (κ2) is 7.18. The van der Waals surface area contributed by atoms with Crippen molar-refractivity contribution >= 4 is 5.69 Å². The first-order chi connectivity index (χ1) is 10.0. The Morgan fingerprint density at radius 3 is 2.57 bits per heavy atom. The van der Waals surface area contributed by atoms with Gasteiger partial charge in [0.05, 0.1) is 6.10 Å². The van der Waals surface area contributed by atoms with Crippen LogP contribution in [0.4, 0.5) is 14.5 Å². The predicted molar refractivity (Wildman–Crippen MR) is 80.6 cm³/mol. The molecule has 3 nitrogen and oxygen atoms in total. The van der Waals surface area contributed by atoms with Crippen molar-refractivity contribution in [1.29, 1.82) is 0 Å². The molecule has 2 atom stereocenters. The van der Waals surface area contributed by atoms with Crippen LogP contribution >= 0.6 is 0 Å². The third-order valence-corrected chi connectivity index (χ3v) is 3.98. The van der Waals surface area contributed by atoms with Crippen LogP contribution in [0.3, 0.4) is 0 Å². The van der Waals surface area contributed by atoms with E-state index in [0.717, 1.165) is 25.9 Å². The molecule has 0 bridgehead atoms. The van der Waals surface area contributed by atoms with Gasteiger partial charge in [0, 0.05) is 26.2 Å². The summed E-state index contributed by atoms with van der Waals surface area (Å²) in [4.78, 5) is 1.60. The van der Waals surface area contributed by atoms with Gasteiger partial charge >= 0.3 is 0 Å². The minimum atomic E-state index is -0.534. The smallest absolute Gasteiger partial charge is 0.149 e. The Morgan fingerprint density at radius 2 is 2.05 bits per heavy atom. The second-order valence-corrected chi connectivity index (χ2v) is 5.80. The Labute approximate surface area is 125 Å². The summed E-state index contributed by atoms with van der Waals surface area (Å²) in [6, 6.07) is 2.71. The van der Waals surface area contributed by atoms with Gasteiger partial charge in [-0.2, -0.15) is 0 Å². The monoisotopic (exact) mass is 298 g/mol. The van der Waals surface area contributed by atoms with Crippen molar-refractivity contribution in [2.45, 2.75) is 44.8 Å². The van der Waals surface area contributed by atoms with Gasteiger partial charge in [0.25, 0.3) is 0 Å². The average Bonchev–Trinajstić information content (AvgIpc) is 2.90. The number of hydrogen-bond donors (Lipinski definition) is 1. The van der Waals surface area contributed by atoms with Crippen LogP contribution in [0, 0.1) is 11.6 Å². The molecule has 0 amide bonds. The molecule has 2 unspecified atom stereocenters. The lowest BCUT2D eigenvalue weighted by Gasteiger charge is -2.24. The van der Waals surface area contributed by atoms with E-state index in [2.05, 4.69) is 0 Å². The predicted octanol–water partition coefficient (Wildman–Crippen LogP) is 2.86. The molecule has 0 aromatic heterocycles. The van der Waals surface area contributed by atoms with E-state index >= 15 is 0 Å². The number of anilines is 1. The Balaban J connectivity index is 2.11. The lowest BCUT2D eigenvalue weighted by atomic mass is 10.0. The molecule has 1 saturated heterocycles. The Kier molecular flexibility index (Phi) is 5.53. The van der Waals surface area contributed by atoms with Gasteiger partial charge in [-0.3, -0.25) is 0 Å². The highest BCUT2D eigenvalue weighted by Crippen LogP contribution is 2.26. The van der Waals surface area contributed by atoms with Gasteiger partial charge in [0.2, 0.25) is 0 Å². The van der Waals surface area contributed by atoms with E-state index in [0.29, 0.717) is 18.5 Å². The highest BCUT2D eigenvalue weighted by molar-refractivity contribution is 5.50. The Bertz CT molecular complexity index is 452. The number of hydrogen-bond acceptors (Lipinski definition) is 3. The minimum absolute atomic E-state index is 0.0133. The molecule has 0 radical (unpaired) electrons. The standard InChI is InChI=1S/C16H24F2N2O/c1-3-12(19)7-11-8-14(17)16(15(18)9-11)20(2)10-13-5-4-6-21-13/h8-9,12-13H,3-7,10,19H2,1-2H3. The molecule has 0 spiro atoms. The fourth-order valence-electron chi connectivity index (χ4n) is 2.73. The topological polar surface area (TPSA) is 38.5 Å². The highest BCUT2D eigenvalue weighted by atomic mass is 19.1. The molecule has 1 aromatic rings. The summed E-state index contributed by atoms with van der Waals surface area (Å²) in [5.41, 5.74) is 6.46. The highest BCUT2D eigenvalue weighted by Gasteiger charge is 2.22. The molecule has 0 aliphatic carbocycles. The average molecular weight is 298 g/mol. The zero-order valence-electron chi connectivity index (χ0n) is 12.7. The molecular formula is C16H24F2N2O. The molecule has 0 saturated carbocycles. The summed E-state index contributed by atoms with van der Waals surface area (Å²) < 4.78 is 34.0. The van der Waals surface area contributed by atoms with Crippen molar-refractivity contribution in [3.63, 3.8) is 0 Å². The van der Waals surface area contributed by atoms with E-state index in [9.17, 15) is 8.78 Å². The molecule has 21 heavy (non-hydrogen) atoms. The van der Waals surface area contributed by atoms with Gasteiger partial charge in [-0.25, -0.2) is 8.78 Å². The summed E-state index contributed by atoms with van der Waals surface area (Å²) in [5.74, 6) is -1.07. The van der Waals surface area contributed by atoms with Gasteiger partial charge in [0.15, 0.2) is 0 Å².